The van der Waals surface area contributed by atoms with Crippen LogP contribution in [0.1, 0.15) is 64.2 Å². The zero-order valence-electron chi connectivity index (χ0n) is 8.47. The van der Waals surface area contributed by atoms with Crippen molar-refractivity contribution in [3.05, 3.63) is 0 Å². The van der Waals surface area contributed by atoms with Crippen molar-refractivity contribution >= 4 is 5.71 Å². The second-order valence-electron chi connectivity index (χ2n) is 3.99. The molecule has 0 heterocycles. The van der Waals surface area contributed by atoms with Gasteiger partial charge in [-0.3, -0.25) is 0 Å². The first kappa shape index (κ1) is 10.6. The van der Waals surface area contributed by atoms with Crippen LogP contribution in [0.2, 0.25) is 0 Å². The van der Waals surface area contributed by atoms with Gasteiger partial charge < -0.3 is 5.21 Å². The molecule has 0 aromatic carbocycles. The van der Waals surface area contributed by atoms with Gasteiger partial charge in [0.25, 0.3) is 0 Å². The molecule has 0 amide bonds. The summed E-state index contributed by atoms with van der Waals surface area (Å²) in [4.78, 5) is 0. The minimum absolute atomic E-state index is 1.01. The highest BCUT2D eigenvalue weighted by Gasteiger charge is 2.02. The minimum atomic E-state index is 1.01. The Hall–Kier alpha value is -0.530. The fraction of sp³-hybridized carbons (Fsp3) is 0.909. The quantitative estimate of drug-likeness (QED) is 0.450. The van der Waals surface area contributed by atoms with Gasteiger partial charge in [0, 0.05) is 0 Å². The third-order valence-corrected chi connectivity index (χ3v) is 2.82. The van der Waals surface area contributed by atoms with Gasteiger partial charge >= 0.3 is 0 Å². The maximum atomic E-state index is 8.73. The Labute approximate surface area is 81.0 Å². The van der Waals surface area contributed by atoms with Gasteiger partial charge in [-0.25, -0.2) is 0 Å². The van der Waals surface area contributed by atoms with Crippen molar-refractivity contribution in [2.24, 2.45) is 5.16 Å². The first-order valence-electron chi connectivity index (χ1n) is 5.63. The first-order chi connectivity index (χ1) is 6.43. The maximum Gasteiger partial charge on any atom is 0.0570 e. The summed E-state index contributed by atoms with van der Waals surface area (Å²) in [5.74, 6) is 0. The Morgan fingerprint density at radius 1 is 0.692 bits per heavy atom. The molecule has 0 spiro atoms. The van der Waals surface area contributed by atoms with Crippen molar-refractivity contribution in [3.8, 4) is 0 Å². The molecule has 1 fully saturated rings. The number of nitrogens with zero attached hydrogens (tertiary/aromatic N) is 1. The van der Waals surface area contributed by atoms with E-state index in [2.05, 4.69) is 5.16 Å². The summed E-state index contributed by atoms with van der Waals surface area (Å²) in [6.45, 7) is 0. The lowest BCUT2D eigenvalue weighted by Gasteiger charge is -2.01. The number of oxime groups is 1. The van der Waals surface area contributed by atoms with Gasteiger partial charge in [0.1, 0.15) is 0 Å². The highest BCUT2D eigenvalue weighted by Crippen LogP contribution is 2.14. The van der Waals surface area contributed by atoms with Crippen LogP contribution in [0.5, 0.6) is 0 Å². The van der Waals surface area contributed by atoms with Crippen LogP contribution in [-0.2, 0) is 0 Å². The highest BCUT2D eigenvalue weighted by atomic mass is 16.4. The molecule has 1 rings (SSSR count). The van der Waals surface area contributed by atoms with Crippen molar-refractivity contribution in [3.63, 3.8) is 0 Å². The van der Waals surface area contributed by atoms with E-state index in [0.717, 1.165) is 18.6 Å². The maximum absolute atomic E-state index is 8.73. The molecule has 0 radical (unpaired) electrons. The zero-order chi connectivity index (χ0) is 9.36. The molecule has 0 bridgehead atoms. The molecular weight excluding hydrogens is 162 g/mol. The van der Waals surface area contributed by atoms with Crippen molar-refractivity contribution in [2.75, 3.05) is 0 Å². The van der Waals surface area contributed by atoms with Crippen LogP contribution in [0.25, 0.3) is 0 Å². The molecule has 2 nitrogen and oxygen atoms in total. The van der Waals surface area contributed by atoms with Gasteiger partial charge in [-0.05, 0) is 25.7 Å². The smallest absolute Gasteiger partial charge is 0.0570 e. The normalized spacial score (nSPS) is 22.0. The van der Waals surface area contributed by atoms with Gasteiger partial charge in [-0.15, -0.1) is 0 Å². The Bertz CT molecular complexity index is 140. The van der Waals surface area contributed by atoms with E-state index >= 15 is 0 Å². The predicted molar refractivity (Wildman–Crippen MR) is 55.4 cm³/mol. The summed E-state index contributed by atoms with van der Waals surface area (Å²) in [6, 6.07) is 0. The number of rotatable bonds is 0. The molecular formula is C11H21NO. The molecule has 0 unspecified atom stereocenters. The van der Waals surface area contributed by atoms with Gasteiger partial charge in [0.05, 0.1) is 5.71 Å². The van der Waals surface area contributed by atoms with E-state index < -0.39 is 0 Å². The SMILES string of the molecule is ON=C1CCCCCCCCCC1. The lowest BCUT2D eigenvalue weighted by molar-refractivity contribution is 0.315. The second kappa shape index (κ2) is 6.93. The molecule has 1 N–H and O–H groups in total. The standard InChI is InChI=1S/C11H21NO/c13-12-11-9-7-5-3-1-2-4-6-8-10-11/h13H,1-10H2. The Morgan fingerprint density at radius 3 is 1.46 bits per heavy atom. The Kier molecular flexibility index (Phi) is 5.62. The fourth-order valence-electron chi connectivity index (χ4n) is 1.94. The summed E-state index contributed by atoms with van der Waals surface area (Å²) in [5.41, 5.74) is 1.02. The second-order valence-corrected chi connectivity index (χ2v) is 3.99. The fourth-order valence-corrected chi connectivity index (χ4v) is 1.94. The lowest BCUT2D eigenvalue weighted by atomic mass is 10.1. The largest absolute Gasteiger partial charge is 0.411 e. The minimum Gasteiger partial charge on any atom is -0.411 e. The molecule has 0 aliphatic heterocycles. The number of hydrogen-bond acceptors (Lipinski definition) is 2. The van der Waals surface area contributed by atoms with Crippen LogP contribution >= 0.6 is 0 Å². The molecule has 2 heteroatoms. The van der Waals surface area contributed by atoms with E-state index in [0.29, 0.717) is 0 Å². The van der Waals surface area contributed by atoms with E-state index in [-0.39, 0.29) is 0 Å². The average Bonchev–Trinajstić information content (AvgIpc) is 2.22. The predicted octanol–water partition coefficient (Wildman–Crippen LogP) is 3.73. The van der Waals surface area contributed by atoms with Crippen molar-refractivity contribution in [2.45, 2.75) is 64.2 Å². The zero-order valence-corrected chi connectivity index (χ0v) is 8.47. The monoisotopic (exact) mass is 183 g/mol. The number of hydrogen-bond donors (Lipinski definition) is 1. The molecule has 1 aliphatic carbocycles. The lowest BCUT2D eigenvalue weighted by Crippen LogP contribution is -1.98. The van der Waals surface area contributed by atoms with E-state index in [1.54, 1.807) is 0 Å². The van der Waals surface area contributed by atoms with E-state index in [9.17, 15) is 0 Å². The van der Waals surface area contributed by atoms with Gasteiger partial charge in [-0.2, -0.15) is 0 Å². The van der Waals surface area contributed by atoms with E-state index in [1.165, 1.54) is 51.4 Å². The van der Waals surface area contributed by atoms with Crippen LogP contribution in [0.4, 0.5) is 0 Å². The van der Waals surface area contributed by atoms with E-state index in [1.807, 2.05) is 0 Å². The molecule has 13 heavy (non-hydrogen) atoms. The molecule has 0 aromatic rings. The summed E-state index contributed by atoms with van der Waals surface area (Å²) in [7, 11) is 0. The first-order valence-corrected chi connectivity index (χ1v) is 5.63. The summed E-state index contributed by atoms with van der Waals surface area (Å²) in [6.07, 6.45) is 12.6. The Balaban J connectivity index is 2.27. The van der Waals surface area contributed by atoms with Crippen LogP contribution < -0.4 is 0 Å². The topological polar surface area (TPSA) is 32.6 Å². The van der Waals surface area contributed by atoms with Gasteiger partial charge in [0.15, 0.2) is 0 Å². The van der Waals surface area contributed by atoms with Gasteiger partial charge in [0.2, 0.25) is 0 Å². The molecule has 0 saturated heterocycles. The van der Waals surface area contributed by atoms with Crippen molar-refractivity contribution in [1.82, 2.24) is 0 Å². The van der Waals surface area contributed by atoms with Crippen molar-refractivity contribution in [1.29, 1.82) is 0 Å². The van der Waals surface area contributed by atoms with Gasteiger partial charge in [-0.1, -0.05) is 43.7 Å². The molecule has 0 aromatic heterocycles. The highest BCUT2D eigenvalue weighted by molar-refractivity contribution is 5.83. The summed E-state index contributed by atoms with van der Waals surface area (Å²) < 4.78 is 0. The average molecular weight is 183 g/mol. The molecule has 1 aliphatic rings. The summed E-state index contributed by atoms with van der Waals surface area (Å²) >= 11 is 0. The molecule has 0 atom stereocenters. The summed E-state index contributed by atoms with van der Waals surface area (Å²) in [5, 5.41) is 12.1. The molecule has 76 valence electrons. The third-order valence-electron chi connectivity index (χ3n) is 2.82. The van der Waals surface area contributed by atoms with E-state index in [4.69, 9.17) is 5.21 Å². The third kappa shape index (κ3) is 4.91. The van der Waals surface area contributed by atoms with Crippen LogP contribution in [-0.4, -0.2) is 10.9 Å². The van der Waals surface area contributed by atoms with Crippen LogP contribution in [0.15, 0.2) is 5.16 Å². The van der Waals surface area contributed by atoms with Crippen molar-refractivity contribution < 1.29 is 5.21 Å². The van der Waals surface area contributed by atoms with Crippen LogP contribution in [0.3, 0.4) is 0 Å². The van der Waals surface area contributed by atoms with Crippen LogP contribution in [0, 0.1) is 0 Å². The molecule has 1 saturated carbocycles. The Morgan fingerprint density at radius 2 is 1.08 bits per heavy atom.